The number of halogens is 1. The number of para-hydroxylation sites is 1. The van der Waals surface area contributed by atoms with Crippen LogP contribution < -0.4 is 20.7 Å². The minimum absolute atomic E-state index is 0.0438. The van der Waals surface area contributed by atoms with E-state index < -0.39 is 5.91 Å². The van der Waals surface area contributed by atoms with Crippen molar-refractivity contribution in [2.24, 2.45) is 0 Å². The van der Waals surface area contributed by atoms with Gasteiger partial charge in [-0.15, -0.1) is 0 Å². The first-order valence-corrected chi connectivity index (χ1v) is 11.8. The topological polar surface area (TPSA) is 83.6 Å². The molecule has 1 amide bonds. The third-order valence-corrected chi connectivity index (χ3v) is 6.17. The van der Waals surface area contributed by atoms with Gasteiger partial charge >= 0.3 is 0 Å². The lowest BCUT2D eigenvalue weighted by atomic mass is 10.2. The maximum atomic E-state index is 13.8. The third-order valence-electron chi connectivity index (χ3n) is 6.17. The number of benzene rings is 2. The van der Waals surface area contributed by atoms with Gasteiger partial charge in [0.2, 0.25) is 0 Å². The maximum Gasteiger partial charge on any atom is 0.287 e. The van der Waals surface area contributed by atoms with Gasteiger partial charge < -0.3 is 19.5 Å². The molecule has 0 atom stereocenters. The monoisotopic (exact) mass is 487 g/mol. The van der Waals surface area contributed by atoms with E-state index in [1.807, 2.05) is 18.2 Å². The van der Waals surface area contributed by atoms with Crippen LogP contribution in [-0.4, -0.2) is 41.9 Å². The number of hydrogen-bond donors (Lipinski definition) is 1. The molecule has 8 nitrogen and oxygen atoms in total. The Balaban J connectivity index is 1.21. The van der Waals surface area contributed by atoms with Gasteiger partial charge in [-0.1, -0.05) is 36.4 Å². The van der Waals surface area contributed by atoms with E-state index in [0.717, 1.165) is 32.0 Å². The van der Waals surface area contributed by atoms with Crippen LogP contribution in [0.25, 0.3) is 0 Å². The lowest BCUT2D eigenvalue weighted by molar-refractivity contribution is 0.0920. The van der Waals surface area contributed by atoms with Crippen LogP contribution in [0.4, 0.5) is 15.9 Å². The number of hydrogen-bond acceptors (Lipinski definition) is 6. The highest BCUT2D eigenvalue weighted by Gasteiger charge is 2.19. The van der Waals surface area contributed by atoms with Gasteiger partial charge in [-0.3, -0.25) is 9.59 Å². The number of rotatable bonds is 7. The van der Waals surface area contributed by atoms with E-state index >= 15 is 0 Å². The molecule has 0 radical (unpaired) electrons. The minimum atomic E-state index is -0.463. The quantitative estimate of drug-likeness (QED) is 0.431. The summed E-state index contributed by atoms with van der Waals surface area (Å²) in [4.78, 5) is 29.4. The third kappa shape index (κ3) is 5.30. The van der Waals surface area contributed by atoms with Crippen molar-refractivity contribution in [1.82, 2.24) is 15.1 Å². The first-order chi connectivity index (χ1) is 17.6. The van der Waals surface area contributed by atoms with Crippen molar-refractivity contribution in [1.29, 1.82) is 0 Å². The van der Waals surface area contributed by atoms with Crippen LogP contribution in [0.3, 0.4) is 0 Å². The Morgan fingerprint density at radius 1 is 0.889 bits per heavy atom. The summed E-state index contributed by atoms with van der Waals surface area (Å²) >= 11 is 0. The molecule has 1 fully saturated rings. The highest BCUT2D eigenvalue weighted by Crippen LogP contribution is 2.18. The molecule has 0 bridgehead atoms. The second kappa shape index (κ2) is 10.5. The Morgan fingerprint density at radius 3 is 2.39 bits per heavy atom. The molecule has 184 valence electrons. The molecule has 0 spiro atoms. The minimum Gasteiger partial charge on any atom is -0.454 e. The van der Waals surface area contributed by atoms with E-state index in [9.17, 15) is 14.0 Å². The second-order valence-electron chi connectivity index (χ2n) is 8.54. The van der Waals surface area contributed by atoms with E-state index in [1.165, 1.54) is 28.6 Å². The summed E-state index contributed by atoms with van der Waals surface area (Å²) in [5.41, 5.74) is 1.32. The zero-order chi connectivity index (χ0) is 24.9. The lowest BCUT2D eigenvalue weighted by Gasteiger charge is -2.36. The number of carbonyl (C=O) groups excluding carboxylic acids is 1. The average Bonchev–Trinajstić information content (AvgIpc) is 3.39. The molecule has 4 aromatic rings. The Morgan fingerprint density at radius 2 is 1.61 bits per heavy atom. The van der Waals surface area contributed by atoms with Gasteiger partial charge in [0.25, 0.3) is 11.5 Å². The van der Waals surface area contributed by atoms with Crippen LogP contribution in [0, 0.1) is 5.82 Å². The van der Waals surface area contributed by atoms with Crippen molar-refractivity contribution in [2.45, 2.75) is 13.1 Å². The van der Waals surface area contributed by atoms with Gasteiger partial charge in [0.1, 0.15) is 23.9 Å². The molecule has 0 aliphatic carbocycles. The first-order valence-electron chi connectivity index (χ1n) is 11.8. The highest BCUT2D eigenvalue weighted by molar-refractivity contribution is 5.91. The number of anilines is 2. The Labute approximate surface area is 207 Å². The van der Waals surface area contributed by atoms with E-state index in [4.69, 9.17) is 4.42 Å². The van der Waals surface area contributed by atoms with Crippen molar-refractivity contribution in [2.75, 3.05) is 36.0 Å². The van der Waals surface area contributed by atoms with Crippen molar-refractivity contribution in [3.63, 3.8) is 0 Å². The molecular weight excluding hydrogens is 461 g/mol. The Hall–Kier alpha value is -4.40. The van der Waals surface area contributed by atoms with Crippen LogP contribution in [0.1, 0.15) is 21.9 Å². The van der Waals surface area contributed by atoms with Crippen LogP contribution in [0.15, 0.2) is 88.1 Å². The predicted octanol–water partition coefficient (Wildman–Crippen LogP) is 3.28. The van der Waals surface area contributed by atoms with Crippen molar-refractivity contribution < 1.29 is 13.6 Å². The molecule has 1 N–H and O–H groups in total. The van der Waals surface area contributed by atoms with Crippen molar-refractivity contribution in [3.8, 4) is 0 Å². The maximum absolute atomic E-state index is 13.8. The largest absolute Gasteiger partial charge is 0.454 e. The van der Waals surface area contributed by atoms with E-state index in [1.54, 1.807) is 30.3 Å². The summed E-state index contributed by atoms with van der Waals surface area (Å²) in [6.45, 7) is 3.42. The van der Waals surface area contributed by atoms with Gasteiger partial charge in [0, 0.05) is 50.0 Å². The van der Waals surface area contributed by atoms with Crippen molar-refractivity contribution in [3.05, 3.63) is 112 Å². The highest BCUT2D eigenvalue weighted by atomic mass is 19.1. The zero-order valence-electron chi connectivity index (χ0n) is 19.6. The van der Waals surface area contributed by atoms with Gasteiger partial charge in [-0.25, -0.2) is 9.07 Å². The Kier molecular flexibility index (Phi) is 6.79. The van der Waals surface area contributed by atoms with Gasteiger partial charge in [0.15, 0.2) is 5.76 Å². The number of aromatic nitrogens is 2. The molecule has 0 saturated carbocycles. The summed E-state index contributed by atoms with van der Waals surface area (Å²) in [6, 6.07) is 22.9. The van der Waals surface area contributed by atoms with E-state index in [0.29, 0.717) is 11.3 Å². The van der Waals surface area contributed by atoms with Crippen LogP contribution in [-0.2, 0) is 13.1 Å². The molecule has 0 unspecified atom stereocenters. The molecule has 9 heteroatoms. The predicted molar refractivity (Wildman–Crippen MR) is 135 cm³/mol. The number of carbonyl (C=O) groups is 1. The molecule has 2 aromatic carbocycles. The number of nitrogens with one attached hydrogen (secondary N) is 1. The summed E-state index contributed by atoms with van der Waals surface area (Å²) in [6.07, 6.45) is 0. The second-order valence-corrected chi connectivity index (χ2v) is 8.54. The van der Waals surface area contributed by atoms with E-state index in [2.05, 4.69) is 32.3 Å². The standard InChI is InChI=1S/C27H26FN5O3/c28-23-9-5-4-6-20(23)18-29-27(35)24-11-10-22(36-24)19-33-26(34)13-12-25(30-33)32-16-14-31(15-17-32)21-7-2-1-3-8-21/h1-13H,14-19H2,(H,29,35). The smallest absolute Gasteiger partial charge is 0.287 e. The van der Waals surface area contributed by atoms with Crippen molar-refractivity contribution >= 4 is 17.4 Å². The van der Waals surface area contributed by atoms with Crippen LogP contribution in [0.2, 0.25) is 0 Å². The number of nitrogens with zero attached hydrogens (tertiary/aromatic N) is 4. The lowest BCUT2D eigenvalue weighted by Crippen LogP contribution is -2.47. The summed E-state index contributed by atoms with van der Waals surface area (Å²) < 4.78 is 20.7. The SMILES string of the molecule is O=C(NCc1ccccc1F)c1ccc(Cn2nc(N3CCN(c4ccccc4)CC3)ccc2=O)o1. The van der Waals surface area contributed by atoms with Crippen LogP contribution in [0.5, 0.6) is 0 Å². The molecule has 1 aliphatic rings. The fourth-order valence-corrected chi connectivity index (χ4v) is 4.19. The summed E-state index contributed by atoms with van der Waals surface area (Å²) in [7, 11) is 0. The molecule has 36 heavy (non-hydrogen) atoms. The molecular formula is C27H26FN5O3. The summed E-state index contributed by atoms with van der Waals surface area (Å²) in [5, 5.41) is 7.18. The number of piperazine rings is 1. The molecule has 1 aliphatic heterocycles. The van der Waals surface area contributed by atoms with Gasteiger partial charge in [-0.05, 0) is 36.4 Å². The molecule has 2 aromatic heterocycles. The fraction of sp³-hybridized carbons (Fsp3) is 0.222. The van der Waals surface area contributed by atoms with Crippen LogP contribution >= 0.6 is 0 Å². The normalized spacial score (nSPS) is 13.6. The number of amides is 1. The van der Waals surface area contributed by atoms with Gasteiger partial charge in [-0.2, -0.15) is 5.10 Å². The Bertz CT molecular complexity index is 1390. The average molecular weight is 488 g/mol. The molecule has 1 saturated heterocycles. The summed E-state index contributed by atoms with van der Waals surface area (Å²) in [5.74, 6) is 0.380. The van der Waals surface area contributed by atoms with E-state index in [-0.39, 0.29) is 30.2 Å². The molecule has 5 rings (SSSR count). The number of furan rings is 1. The molecule has 3 heterocycles. The van der Waals surface area contributed by atoms with Gasteiger partial charge in [0.05, 0.1) is 0 Å². The first kappa shape index (κ1) is 23.3. The fourth-order valence-electron chi connectivity index (χ4n) is 4.19. The zero-order valence-corrected chi connectivity index (χ0v) is 19.6.